The van der Waals surface area contributed by atoms with Crippen molar-refractivity contribution in [2.24, 2.45) is 5.92 Å². The molecular formula is C30H27Br2NO6. The molecule has 0 spiro atoms. The number of nitrogens with one attached hydrogen (secondary N) is 1. The lowest BCUT2D eigenvalue weighted by molar-refractivity contribution is -0.240. The lowest BCUT2D eigenvalue weighted by Gasteiger charge is -2.36. The number of cyclic esters (lactones) is 2. The van der Waals surface area contributed by atoms with Gasteiger partial charge in [0.25, 0.3) is 5.79 Å². The number of aromatic amines is 1. The molecule has 1 aliphatic rings. The average Bonchev–Trinajstić information content (AvgIpc) is 3.30. The van der Waals surface area contributed by atoms with E-state index < -0.39 is 29.6 Å². The fourth-order valence-corrected chi connectivity index (χ4v) is 5.65. The summed E-state index contributed by atoms with van der Waals surface area (Å²) in [7, 11) is 0. The third-order valence-corrected chi connectivity index (χ3v) is 7.60. The summed E-state index contributed by atoms with van der Waals surface area (Å²) in [5.74, 6) is -3.54. The fourth-order valence-electron chi connectivity index (χ4n) is 4.81. The van der Waals surface area contributed by atoms with Gasteiger partial charge in [0.2, 0.25) is 0 Å². The normalized spacial score (nSPS) is 16.0. The smallest absolute Gasteiger partial charge is 0.324 e. The highest BCUT2D eigenvalue weighted by Crippen LogP contribution is 2.45. The Morgan fingerprint density at radius 2 is 1.67 bits per heavy atom. The maximum Gasteiger partial charge on any atom is 0.324 e. The highest BCUT2D eigenvalue weighted by atomic mass is 79.9. The highest BCUT2D eigenvalue weighted by Gasteiger charge is 2.49. The molecular weight excluding hydrogens is 630 g/mol. The summed E-state index contributed by atoms with van der Waals surface area (Å²) in [6.07, 6.45) is 1.82. The van der Waals surface area contributed by atoms with Gasteiger partial charge < -0.3 is 23.9 Å². The van der Waals surface area contributed by atoms with Gasteiger partial charge >= 0.3 is 11.9 Å². The second kappa shape index (κ2) is 11.1. The molecule has 39 heavy (non-hydrogen) atoms. The number of carbonyl (C=O) groups excluding carboxylic acids is 2. The van der Waals surface area contributed by atoms with Crippen molar-refractivity contribution in [3.05, 3.63) is 92.5 Å². The van der Waals surface area contributed by atoms with Gasteiger partial charge in [-0.3, -0.25) is 9.59 Å². The van der Waals surface area contributed by atoms with Crippen LogP contribution in [0.25, 0.3) is 10.9 Å². The van der Waals surface area contributed by atoms with Gasteiger partial charge in [-0.05, 0) is 69.9 Å². The number of benzene rings is 3. The predicted molar refractivity (Wildman–Crippen MR) is 154 cm³/mol. The highest BCUT2D eigenvalue weighted by molar-refractivity contribution is 9.10. The molecule has 1 N–H and O–H groups in total. The van der Waals surface area contributed by atoms with Crippen LogP contribution < -0.4 is 9.47 Å². The van der Waals surface area contributed by atoms with Crippen molar-refractivity contribution in [3.8, 4) is 11.5 Å². The van der Waals surface area contributed by atoms with Crippen molar-refractivity contribution in [1.29, 1.82) is 0 Å². The molecule has 1 aliphatic heterocycles. The van der Waals surface area contributed by atoms with Gasteiger partial charge in [0.1, 0.15) is 6.61 Å². The predicted octanol–water partition coefficient (Wildman–Crippen LogP) is 7.25. The van der Waals surface area contributed by atoms with Crippen molar-refractivity contribution < 1.29 is 28.5 Å². The zero-order valence-electron chi connectivity index (χ0n) is 21.6. The standard InChI is InChI=1S/C30H27Br2NO6/c1-4-36-24-14-18(13-22(32)27(24)37-16-17-9-11-19(31)12-10-17)25(21-15-33-23-8-6-5-7-20(21)23)26-28(34)38-30(2,3)39-29(26)35/h5-15,25-26,33H,4,16H2,1-3H3/t25-/m1/s1. The van der Waals surface area contributed by atoms with Crippen LogP contribution >= 0.6 is 31.9 Å². The number of hydrogen-bond acceptors (Lipinski definition) is 6. The number of H-pyrrole nitrogens is 1. The molecule has 1 atom stereocenters. The van der Waals surface area contributed by atoms with Gasteiger partial charge in [-0.15, -0.1) is 0 Å². The van der Waals surface area contributed by atoms with E-state index in [1.807, 2.05) is 73.8 Å². The minimum Gasteiger partial charge on any atom is -0.490 e. The summed E-state index contributed by atoms with van der Waals surface area (Å²) < 4.78 is 24.9. The van der Waals surface area contributed by atoms with Crippen LogP contribution in [0.1, 0.15) is 43.4 Å². The first kappa shape index (κ1) is 27.3. The number of aromatic nitrogens is 1. The van der Waals surface area contributed by atoms with E-state index in [2.05, 4.69) is 36.8 Å². The number of rotatable bonds is 8. The molecule has 202 valence electrons. The molecule has 0 aliphatic carbocycles. The lowest BCUT2D eigenvalue weighted by Crippen LogP contribution is -2.48. The molecule has 1 saturated heterocycles. The number of hydrogen-bond donors (Lipinski definition) is 1. The number of esters is 2. The van der Waals surface area contributed by atoms with Gasteiger partial charge in [0.05, 0.1) is 11.1 Å². The Morgan fingerprint density at radius 1 is 0.974 bits per heavy atom. The summed E-state index contributed by atoms with van der Waals surface area (Å²) in [5, 5.41) is 0.887. The Kier molecular flexibility index (Phi) is 7.73. The van der Waals surface area contributed by atoms with E-state index in [0.717, 1.165) is 26.5 Å². The van der Waals surface area contributed by atoms with Crippen molar-refractivity contribution >= 4 is 54.7 Å². The van der Waals surface area contributed by atoms with Crippen LogP contribution in [-0.2, 0) is 25.7 Å². The quantitative estimate of drug-likeness (QED) is 0.159. The van der Waals surface area contributed by atoms with Crippen molar-refractivity contribution in [1.82, 2.24) is 4.98 Å². The maximum atomic E-state index is 13.3. The van der Waals surface area contributed by atoms with Crippen LogP contribution in [-0.4, -0.2) is 29.3 Å². The molecule has 1 aromatic heterocycles. The lowest BCUT2D eigenvalue weighted by atomic mass is 9.80. The first-order valence-corrected chi connectivity index (χ1v) is 14.1. The van der Waals surface area contributed by atoms with Gasteiger partial charge in [0, 0.05) is 41.3 Å². The van der Waals surface area contributed by atoms with Crippen molar-refractivity contribution in [2.45, 2.75) is 39.1 Å². The van der Waals surface area contributed by atoms with Crippen LogP contribution in [0.3, 0.4) is 0 Å². The monoisotopic (exact) mass is 655 g/mol. The van der Waals surface area contributed by atoms with E-state index in [9.17, 15) is 9.59 Å². The molecule has 9 heteroatoms. The summed E-state index contributed by atoms with van der Waals surface area (Å²) in [6.45, 7) is 5.69. The van der Waals surface area contributed by atoms with E-state index in [0.29, 0.717) is 34.7 Å². The molecule has 3 aromatic carbocycles. The first-order valence-electron chi connectivity index (χ1n) is 12.5. The molecule has 0 bridgehead atoms. The third kappa shape index (κ3) is 5.70. The summed E-state index contributed by atoms with van der Waals surface area (Å²) in [6, 6.07) is 19.3. The zero-order chi connectivity index (χ0) is 27.7. The molecule has 0 saturated carbocycles. The minimum absolute atomic E-state index is 0.327. The number of halogens is 2. The van der Waals surface area contributed by atoms with E-state index >= 15 is 0 Å². The molecule has 2 heterocycles. The Hall–Kier alpha value is -3.30. The van der Waals surface area contributed by atoms with Crippen LogP contribution in [0.15, 0.2) is 75.8 Å². The SMILES string of the molecule is CCOc1cc([C@H](c2c[nH]c3ccccc23)C2C(=O)OC(C)(C)OC2=O)cc(Br)c1OCc1ccc(Br)cc1. The molecule has 4 aromatic rings. The van der Waals surface area contributed by atoms with E-state index in [1.165, 1.54) is 0 Å². The summed E-state index contributed by atoms with van der Waals surface area (Å²) >= 11 is 7.10. The summed E-state index contributed by atoms with van der Waals surface area (Å²) in [5.41, 5.74) is 3.31. The maximum absolute atomic E-state index is 13.3. The first-order chi connectivity index (χ1) is 18.7. The zero-order valence-corrected chi connectivity index (χ0v) is 24.8. The molecule has 0 unspecified atom stereocenters. The van der Waals surface area contributed by atoms with Crippen molar-refractivity contribution in [2.75, 3.05) is 6.61 Å². The second-order valence-corrected chi connectivity index (χ2v) is 11.4. The average molecular weight is 657 g/mol. The molecule has 0 amide bonds. The topological polar surface area (TPSA) is 86.9 Å². The number of ether oxygens (including phenoxy) is 4. The van der Waals surface area contributed by atoms with Gasteiger partial charge in [0.15, 0.2) is 17.4 Å². The van der Waals surface area contributed by atoms with Crippen LogP contribution in [0.2, 0.25) is 0 Å². The van der Waals surface area contributed by atoms with Crippen LogP contribution in [0, 0.1) is 5.92 Å². The number of para-hydroxylation sites is 1. The van der Waals surface area contributed by atoms with E-state index in [4.69, 9.17) is 18.9 Å². The van der Waals surface area contributed by atoms with E-state index in [1.54, 1.807) is 13.8 Å². The second-order valence-electron chi connectivity index (χ2n) is 9.67. The van der Waals surface area contributed by atoms with Gasteiger partial charge in [-0.25, -0.2) is 0 Å². The Morgan fingerprint density at radius 3 is 2.36 bits per heavy atom. The third-order valence-electron chi connectivity index (χ3n) is 6.48. The Labute approximate surface area is 243 Å². The van der Waals surface area contributed by atoms with Crippen LogP contribution in [0.5, 0.6) is 11.5 Å². The molecule has 0 radical (unpaired) electrons. The largest absolute Gasteiger partial charge is 0.490 e. The number of fused-ring (bicyclic) bond motifs is 1. The fraction of sp³-hybridized carbons (Fsp3) is 0.267. The molecule has 5 rings (SSSR count). The molecule has 7 nitrogen and oxygen atoms in total. The summed E-state index contributed by atoms with van der Waals surface area (Å²) in [4.78, 5) is 29.9. The number of carbonyl (C=O) groups is 2. The van der Waals surface area contributed by atoms with Crippen molar-refractivity contribution in [3.63, 3.8) is 0 Å². The van der Waals surface area contributed by atoms with Gasteiger partial charge in [-0.1, -0.05) is 46.3 Å². The Bertz CT molecular complexity index is 1510. The molecule has 1 fully saturated rings. The van der Waals surface area contributed by atoms with Crippen LogP contribution in [0.4, 0.5) is 0 Å². The van der Waals surface area contributed by atoms with Gasteiger partial charge in [-0.2, -0.15) is 0 Å². The minimum atomic E-state index is -1.34. The van der Waals surface area contributed by atoms with E-state index in [-0.39, 0.29) is 0 Å². The Balaban J connectivity index is 1.60.